The summed E-state index contributed by atoms with van der Waals surface area (Å²) < 4.78 is 5.02. The van der Waals surface area contributed by atoms with Gasteiger partial charge < -0.3 is 15.2 Å². The molecule has 0 radical (unpaired) electrons. The number of cyclic esters (lactones) is 1. The zero-order valence-corrected chi connectivity index (χ0v) is 12.8. The third-order valence-electron chi connectivity index (χ3n) is 3.69. The lowest BCUT2D eigenvalue weighted by molar-refractivity contribution is -0.167. The van der Waals surface area contributed by atoms with Crippen molar-refractivity contribution in [2.24, 2.45) is 5.92 Å². The number of benzene rings is 1. The standard InChI is InChI=1S/C15H19NO4.ClH/c1-9(11-6-4-3-5-7-11)16-12-8-13(17)20-10(2)14(12)15(18)19;/h3-7,9-10,12,14,16H,8H2,1-2H3,(H,18,19);1H/t9-,10+,12?,14?;/m1./s1. The molecule has 1 aromatic rings. The van der Waals surface area contributed by atoms with Crippen LogP contribution < -0.4 is 5.32 Å². The van der Waals surface area contributed by atoms with E-state index in [-0.39, 0.29) is 30.8 Å². The maximum atomic E-state index is 11.5. The Labute approximate surface area is 130 Å². The summed E-state index contributed by atoms with van der Waals surface area (Å²) in [5.41, 5.74) is 1.06. The van der Waals surface area contributed by atoms with Crippen LogP contribution in [0.5, 0.6) is 0 Å². The largest absolute Gasteiger partial charge is 0.481 e. The maximum Gasteiger partial charge on any atom is 0.311 e. The highest BCUT2D eigenvalue weighted by molar-refractivity contribution is 5.85. The molecule has 21 heavy (non-hydrogen) atoms. The molecule has 1 aliphatic heterocycles. The molecule has 6 heteroatoms. The molecule has 0 bridgehead atoms. The first-order valence-electron chi connectivity index (χ1n) is 6.72. The van der Waals surface area contributed by atoms with E-state index in [0.717, 1.165) is 5.56 Å². The highest BCUT2D eigenvalue weighted by atomic mass is 35.5. The van der Waals surface area contributed by atoms with Crippen molar-refractivity contribution < 1.29 is 19.4 Å². The van der Waals surface area contributed by atoms with Crippen molar-refractivity contribution in [2.45, 2.75) is 38.5 Å². The molecular weight excluding hydrogens is 294 g/mol. The van der Waals surface area contributed by atoms with Crippen LogP contribution in [0, 0.1) is 5.92 Å². The molecule has 1 fully saturated rings. The fraction of sp³-hybridized carbons (Fsp3) is 0.467. The number of esters is 1. The molecular formula is C15H20ClNO4. The summed E-state index contributed by atoms with van der Waals surface area (Å²) >= 11 is 0. The second-order valence-electron chi connectivity index (χ2n) is 5.17. The highest BCUT2D eigenvalue weighted by Crippen LogP contribution is 2.25. The number of aliphatic carboxylic acids is 1. The lowest BCUT2D eigenvalue weighted by Crippen LogP contribution is -2.52. The molecule has 2 rings (SSSR count). The number of hydrogen-bond acceptors (Lipinski definition) is 4. The van der Waals surface area contributed by atoms with Crippen molar-refractivity contribution in [3.05, 3.63) is 35.9 Å². The third kappa shape index (κ3) is 4.19. The van der Waals surface area contributed by atoms with Gasteiger partial charge in [-0.3, -0.25) is 9.59 Å². The van der Waals surface area contributed by atoms with E-state index in [2.05, 4.69) is 5.32 Å². The number of ether oxygens (including phenoxy) is 1. The monoisotopic (exact) mass is 313 g/mol. The van der Waals surface area contributed by atoms with Crippen LogP contribution >= 0.6 is 12.4 Å². The Morgan fingerprint density at radius 3 is 2.57 bits per heavy atom. The zero-order chi connectivity index (χ0) is 14.7. The molecule has 2 unspecified atom stereocenters. The van der Waals surface area contributed by atoms with Gasteiger partial charge in [-0.05, 0) is 19.4 Å². The number of hydrogen-bond donors (Lipinski definition) is 2. The van der Waals surface area contributed by atoms with E-state index < -0.39 is 24.0 Å². The van der Waals surface area contributed by atoms with E-state index in [0.29, 0.717) is 0 Å². The Bertz CT molecular complexity index is 494. The Morgan fingerprint density at radius 1 is 1.38 bits per heavy atom. The van der Waals surface area contributed by atoms with Crippen molar-refractivity contribution in [3.63, 3.8) is 0 Å². The minimum Gasteiger partial charge on any atom is -0.481 e. The van der Waals surface area contributed by atoms with E-state index in [1.165, 1.54) is 0 Å². The van der Waals surface area contributed by atoms with Gasteiger partial charge in [0.2, 0.25) is 0 Å². The van der Waals surface area contributed by atoms with Gasteiger partial charge in [0.25, 0.3) is 0 Å². The average Bonchev–Trinajstić information content (AvgIpc) is 2.38. The van der Waals surface area contributed by atoms with Gasteiger partial charge in [0.1, 0.15) is 12.0 Å². The first-order chi connectivity index (χ1) is 9.49. The van der Waals surface area contributed by atoms with Gasteiger partial charge in [-0.15, -0.1) is 12.4 Å². The molecule has 1 aromatic carbocycles. The number of nitrogens with one attached hydrogen (secondary N) is 1. The predicted octanol–water partition coefficient (Wildman–Crippen LogP) is 2.16. The third-order valence-corrected chi connectivity index (χ3v) is 3.69. The number of carbonyl (C=O) groups excluding carboxylic acids is 1. The Balaban J connectivity index is 0.00000220. The fourth-order valence-electron chi connectivity index (χ4n) is 2.66. The molecule has 0 aromatic heterocycles. The molecule has 4 atom stereocenters. The van der Waals surface area contributed by atoms with Gasteiger partial charge in [0, 0.05) is 12.1 Å². The molecule has 0 amide bonds. The SMILES string of the molecule is C[C@@H]1OC(=O)CC(N[C@H](C)c2ccccc2)C1C(=O)O.Cl. The molecule has 0 spiro atoms. The Hall–Kier alpha value is -1.59. The van der Waals surface area contributed by atoms with Gasteiger partial charge in [-0.1, -0.05) is 30.3 Å². The summed E-state index contributed by atoms with van der Waals surface area (Å²) in [6, 6.07) is 9.28. The topological polar surface area (TPSA) is 75.6 Å². The minimum absolute atomic E-state index is 0. The maximum absolute atomic E-state index is 11.5. The van der Waals surface area contributed by atoms with E-state index in [1.807, 2.05) is 37.3 Å². The summed E-state index contributed by atoms with van der Waals surface area (Å²) in [6.45, 7) is 3.58. The predicted molar refractivity (Wildman–Crippen MR) is 80.3 cm³/mol. The van der Waals surface area contributed by atoms with Crippen LogP contribution in [0.15, 0.2) is 30.3 Å². The van der Waals surface area contributed by atoms with Crippen LogP contribution in [0.4, 0.5) is 0 Å². The fourth-order valence-corrected chi connectivity index (χ4v) is 2.66. The quantitative estimate of drug-likeness (QED) is 0.833. The van der Waals surface area contributed by atoms with Crippen LogP contribution in [0.1, 0.15) is 31.9 Å². The number of rotatable bonds is 4. The lowest BCUT2D eigenvalue weighted by Gasteiger charge is -2.35. The highest BCUT2D eigenvalue weighted by Gasteiger charge is 2.41. The van der Waals surface area contributed by atoms with Crippen molar-refractivity contribution in [1.29, 1.82) is 0 Å². The normalized spacial score (nSPS) is 26.4. The minimum atomic E-state index is -0.942. The van der Waals surface area contributed by atoms with Crippen LogP contribution in [0.2, 0.25) is 0 Å². The van der Waals surface area contributed by atoms with Gasteiger partial charge in [0.05, 0.1) is 6.42 Å². The molecule has 0 saturated carbocycles. The summed E-state index contributed by atoms with van der Waals surface area (Å²) in [5.74, 6) is -2.02. The molecule has 5 nitrogen and oxygen atoms in total. The van der Waals surface area contributed by atoms with E-state index in [4.69, 9.17) is 4.74 Å². The number of halogens is 1. The van der Waals surface area contributed by atoms with Crippen LogP contribution in [-0.4, -0.2) is 29.2 Å². The second-order valence-corrected chi connectivity index (χ2v) is 5.17. The Kier molecular flexibility index (Phi) is 6.18. The summed E-state index contributed by atoms with van der Waals surface area (Å²) in [6.07, 6.45) is -0.535. The summed E-state index contributed by atoms with van der Waals surface area (Å²) in [4.78, 5) is 22.9. The van der Waals surface area contributed by atoms with E-state index in [1.54, 1.807) is 6.92 Å². The molecule has 2 N–H and O–H groups in total. The van der Waals surface area contributed by atoms with Crippen molar-refractivity contribution in [3.8, 4) is 0 Å². The first kappa shape index (κ1) is 17.5. The van der Waals surface area contributed by atoms with Crippen LogP contribution in [-0.2, 0) is 14.3 Å². The second kappa shape index (κ2) is 7.43. The van der Waals surface area contributed by atoms with Crippen LogP contribution in [0.25, 0.3) is 0 Å². The van der Waals surface area contributed by atoms with Gasteiger partial charge in [-0.2, -0.15) is 0 Å². The lowest BCUT2D eigenvalue weighted by atomic mass is 9.88. The van der Waals surface area contributed by atoms with Crippen molar-refractivity contribution in [2.75, 3.05) is 0 Å². The molecule has 116 valence electrons. The van der Waals surface area contributed by atoms with Gasteiger partial charge in [0.15, 0.2) is 0 Å². The summed E-state index contributed by atoms with van der Waals surface area (Å²) in [5, 5.41) is 12.6. The number of carboxylic acid groups (broad SMARTS) is 1. The molecule has 1 aliphatic rings. The number of carboxylic acids is 1. The molecule has 1 saturated heterocycles. The number of carbonyl (C=O) groups is 2. The van der Waals surface area contributed by atoms with E-state index >= 15 is 0 Å². The van der Waals surface area contributed by atoms with Crippen molar-refractivity contribution >= 4 is 24.3 Å². The van der Waals surface area contributed by atoms with Crippen molar-refractivity contribution in [1.82, 2.24) is 5.32 Å². The van der Waals surface area contributed by atoms with Gasteiger partial charge >= 0.3 is 11.9 Å². The van der Waals surface area contributed by atoms with Crippen LogP contribution in [0.3, 0.4) is 0 Å². The Morgan fingerprint density at radius 2 is 2.00 bits per heavy atom. The molecule has 1 heterocycles. The summed E-state index contributed by atoms with van der Waals surface area (Å²) in [7, 11) is 0. The average molecular weight is 314 g/mol. The van der Waals surface area contributed by atoms with E-state index in [9.17, 15) is 14.7 Å². The van der Waals surface area contributed by atoms with Gasteiger partial charge in [-0.25, -0.2) is 0 Å². The zero-order valence-electron chi connectivity index (χ0n) is 12.0. The first-order valence-corrected chi connectivity index (χ1v) is 6.72. The smallest absolute Gasteiger partial charge is 0.311 e. The molecule has 0 aliphatic carbocycles.